The molecule has 1 aliphatic heterocycles. The second-order valence-electron chi connectivity index (χ2n) is 7.33. The van der Waals surface area contributed by atoms with Crippen molar-refractivity contribution in [3.05, 3.63) is 41.3 Å². The van der Waals surface area contributed by atoms with E-state index in [0.29, 0.717) is 47.0 Å². The van der Waals surface area contributed by atoms with Crippen LogP contribution in [0.1, 0.15) is 41.5 Å². The number of anilines is 2. The van der Waals surface area contributed by atoms with Crippen LogP contribution in [0.4, 0.5) is 11.5 Å². The molecule has 4 rings (SSSR count). The lowest BCUT2D eigenvalue weighted by molar-refractivity contribution is -0.120. The Morgan fingerprint density at radius 3 is 2.86 bits per heavy atom. The molecule has 3 aromatic rings. The first-order valence-corrected chi connectivity index (χ1v) is 9.48. The molecule has 0 spiro atoms. The highest BCUT2D eigenvalue weighted by molar-refractivity contribution is 6.12. The molecule has 0 atom stereocenters. The van der Waals surface area contributed by atoms with Crippen molar-refractivity contribution in [1.29, 1.82) is 0 Å². The third-order valence-electron chi connectivity index (χ3n) is 4.84. The quantitative estimate of drug-likeness (QED) is 0.698. The van der Waals surface area contributed by atoms with Crippen LogP contribution in [0.3, 0.4) is 0 Å². The molecule has 1 saturated heterocycles. The highest BCUT2D eigenvalue weighted by Crippen LogP contribution is 2.26. The van der Waals surface area contributed by atoms with E-state index in [1.807, 2.05) is 18.7 Å². The van der Waals surface area contributed by atoms with Gasteiger partial charge < -0.3 is 20.1 Å². The van der Waals surface area contributed by atoms with Crippen LogP contribution in [0.2, 0.25) is 0 Å². The fourth-order valence-corrected chi connectivity index (χ4v) is 3.27. The molecule has 29 heavy (non-hydrogen) atoms. The minimum absolute atomic E-state index is 0.0258. The topological polar surface area (TPSA) is 113 Å². The zero-order chi connectivity index (χ0) is 20.5. The molecule has 2 N–H and O–H groups in total. The zero-order valence-corrected chi connectivity index (χ0v) is 16.5. The first kappa shape index (κ1) is 18.9. The van der Waals surface area contributed by atoms with E-state index in [0.717, 1.165) is 5.69 Å². The first-order valence-electron chi connectivity index (χ1n) is 9.48. The standard InChI is InChI=1S/C20H22N6O3/c1-11(2)15-8-14(18-12(3)25-29-20(18)24-15)19(28)23-13-4-5-16(22-9-13)26-7-6-21-17(27)10-26/h4-5,8-9,11H,6-7,10H2,1-3H3,(H,21,27)(H,23,28). The van der Waals surface area contributed by atoms with Gasteiger partial charge in [0.05, 0.1) is 35.1 Å². The van der Waals surface area contributed by atoms with E-state index >= 15 is 0 Å². The Morgan fingerprint density at radius 1 is 1.34 bits per heavy atom. The maximum Gasteiger partial charge on any atom is 0.259 e. The maximum atomic E-state index is 13.0. The average molecular weight is 394 g/mol. The van der Waals surface area contributed by atoms with Gasteiger partial charge in [-0.25, -0.2) is 9.97 Å². The molecule has 150 valence electrons. The zero-order valence-electron chi connectivity index (χ0n) is 16.5. The minimum atomic E-state index is -0.280. The summed E-state index contributed by atoms with van der Waals surface area (Å²) in [5.41, 5.74) is 2.76. The summed E-state index contributed by atoms with van der Waals surface area (Å²) in [5, 5.41) is 10.2. The Morgan fingerprint density at radius 2 is 2.17 bits per heavy atom. The molecule has 2 amide bonds. The molecule has 0 radical (unpaired) electrons. The van der Waals surface area contributed by atoms with Gasteiger partial charge in [-0.3, -0.25) is 9.59 Å². The summed E-state index contributed by atoms with van der Waals surface area (Å²) in [6.45, 7) is 7.35. The van der Waals surface area contributed by atoms with Gasteiger partial charge in [0, 0.05) is 18.8 Å². The van der Waals surface area contributed by atoms with Crippen LogP contribution in [0.25, 0.3) is 11.1 Å². The number of hydrogen-bond donors (Lipinski definition) is 2. The monoisotopic (exact) mass is 394 g/mol. The summed E-state index contributed by atoms with van der Waals surface area (Å²) in [6.07, 6.45) is 1.59. The van der Waals surface area contributed by atoms with Crippen LogP contribution in [0.15, 0.2) is 28.9 Å². The predicted molar refractivity (Wildman–Crippen MR) is 108 cm³/mol. The van der Waals surface area contributed by atoms with Gasteiger partial charge in [-0.15, -0.1) is 0 Å². The van der Waals surface area contributed by atoms with E-state index in [-0.39, 0.29) is 24.3 Å². The van der Waals surface area contributed by atoms with Crippen molar-refractivity contribution in [2.45, 2.75) is 26.7 Å². The number of carbonyl (C=O) groups excluding carboxylic acids is 2. The Balaban J connectivity index is 1.58. The molecular formula is C20H22N6O3. The largest absolute Gasteiger partial charge is 0.353 e. The molecule has 0 bridgehead atoms. The van der Waals surface area contributed by atoms with Crippen molar-refractivity contribution in [1.82, 2.24) is 20.4 Å². The predicted octanol–water partition coefficient (Wildman–Crippen LogP) is 2.24. The smallest absolute Gasteiger partial charge is 0.259 e. The molecule has 0 unspecified atom stereocenters. The maximum absolute atomic E-state index is 13.0. The Bertz CT molecular complexity index is 1070. The number of rotatable bonds is 4. The lowest BCUT2D eigenvalue weighted by Crippen LogP contribution is -2.48. The van der Waals surface area contributed by atoms with Crippen LogP contribution in [0, 0.1) is 6.92 Å². The molecule has 0 aromatic carbocycles. The van der Waals surface area contributed by atoms with Crippen molar-refractivity contribution < 1.29 is 14.1 Å². The number of carbonyl (C=O) groups is 2. The highest BCUT2D eigenvalue weighted by atomic mass is 16.5. The number of pyridine rings is 2. The van der Waals surface area contributed by atoms with E-state index in [4.69, 9.17) is 4.52 Å². The number of nitrogens with one attached hydrogen (secondary N) is 2. The van der Waals surface area contributed by atoms with Crippen LogP contribution < -0.4 is 15.5 Å². The first-order chi connectivity index (χ1) is 13.9. The number of piperazine rings is 1. The molecule has 1 fully saturated rings. The van der Waals surface area contributed by atoms with Crippen molar-refractivity contribution in [2.24, 2.45) is 0 Å². The highest BCUT2D eigenvalue weighted by Gasteiger charge is 2.21. The van der Waals surface area contributed by atoms with Crippen molar-refractivity contribution in [3.63, 3.8) is 0 Å². The summed E-state index contributed by atoms with van der Waals surface area (Å²) < 4.78 is 5.28. The van der Waals surface area contributed by atoms with Crippen LogP contribution in [-0.4, -0.2) is 46.6 Å². The number of nitrogens with zero attached hydrogens (tertiary/aromatic N) is 4. The summed E-state index contributed by atoms with van der Waals surface area (Å²) in [4.78, 5) is 35.3. The second-order valence-corrected chi connectivity index (χ2v) is 7.33. The molecular weight excluding hydrogens is 372 g/mol. The molecule has 0 aliphatic carbocycles. The molecule has 0 saturated carbocycles. The SMILES string of the molecule is Cc1noc2nc(C(C)C)cc(C(=O)Nc3ccc(N4CCNC(=O)C4)nc3)c12. The second kappa shape index (κ2) is 7.50. The number of aryl methyl sites for hydroxylation is 1. The van der Waals surface area contributed by atoms with Gasteiger partial charge in [-0.1, -0.05) is 19.0 Å². The summed E-state index contributed by atoms with van der Waals surface area (Å²) in [5.74, 6) is 0.528. The van der Waals surface area contributed by atoms with E-state index < -0.39 is 0 Å². The van der Waals surface area contributed by atoms with Crippen LogP contribution in [-0.2, 0) is 4.79 Å². The Kier molecular flexibility index (Phi) is 4.87. The fraction of sp³-hybridized carbons (Fsp3) is 0.350. The van der Waals surface area contributed by atoms with Crippen molar-refractivity contribution >= 4 is 34.4 Å². The third kappa shape index (κ3) is 3.75. The van der Waals surface area contributed by atoms with E-state index in [9.17, 15) is 9.59 Å². The third-order valence-corrected chi connectivity index (χ3v) is 4.84. The minimum Gasteiger partial charge on any atom is -0.353 e. The van der Waals surface area contributed by atoms with Gasteiger partial charge in [0.1, 0.15) is 5.82 Å². The number of aromatic nitrogens is 3. The van der Waals surface area contributed by atoms with Crippen molar-refractivity contribution in [2.75, 3.05) is 29.9 Å². The number of hydrogen-bond acceptors (Lipinski definition) is 7. The Labute approximate surface area is 167 Å². The van der Waals surface area contributed by atoms with E-state index in [1.165, 1.54) is 0 Å². The Hall–Kier alpha value is -3.49. The van der Waals surface area contributed by atoms with Crippen molar-refractivity contribution in [3.8, 4) is 0 Å². The number of fused-ring (bicyclic) bond motifs is 1. The lowest BCUT2D eigenvalue weighted by atomic mass is 10.0. The normalized spacial score (nSPS) is 14.3. The average Bonchev–Trinajstić information content (AvgIpc) is 3.09. The van der Waals surface area contributed by atoms with Gasteiger partial charge in [0.2, 0.25) is 5.91 Å². The van der Waals surface area contributed by atoms with Gasteiger partial charge in [0.25, 0.3) is 11.6 Å². The molecule has 9 heteroatoms. The van der Waals surface area contributed by atoms with Gasteiger partial charge in [-0.2, -0.15) is 0 Å². The molecule has 4 heterocycles. The lowest BCUT2D eigenvalue weighted by Gasteiger charge is -2.27. The van der Waals surface area contributed by atoms with Gasteiger partial charge in [-0.05, 0) is 31.0 Å². The summed E-state index contributed by atoms with van der Waals surface area (Å²) in [6, 6.07) is 5.34. The number of amides is 2. The van der Waals surface area contributed by atoms with Crippen LogP contribution in [0.5, 0.6) is 0 Å². The summed E-state index contributed by atoms with van der Waals surface area (Å²) >= 11 is 0. The molecule has 3 aromatic heterocycles. The van der Waals surface area contributed by atoms with E-state index in [1.54, 1.807) is 31.3 Å². The van der Waals surface area contributed by atoms with Gasteiger partial charge >= 0.3 is 0 Å². The molecule has 9 nitrogen and oxygen atoms in total. The molecule has 1 aliphatic rings. The van der Waals surface area contributed by atoms with E-state index in [2.05, 4.69) is 25.8 Å². The van der Waals surface area contributed by atoms with Crippen LogP contribution >= 0.6 is 0 Å². The van der Waals surface area contributed by atoms with Gasteiger partial charge in [0.15, 0.2) is 0 Å². The fourth-order valence-electron chi connectivity index (χ4n) is 3.27. The summed E-state index contributed by atoms with van der Waals surface area (Å²) in [7, 11) is 0.